The Morgan fingerprint density at radius 1 is 1.33 bits per heavy atom. The van der Waals surface area contributed by atoms with Crippen molar-refractivity contribution in [3.05, 3.63) is 29.6 Å². The average Bonchev–Trinajstić information content (AvgIpc) is 2.06. The van der Waals surface area contributed by atoms with Crippen LogP contribution in [0.4, 0.5) is 0 Å². The van der Waals surface area contributed by atoms with E-state index in [-0.39, 0.29) is 0 Å². The Bertz CT molecular complexity index is 226. The monoisotopic (exact) mass is 160 g/mol. The Morgan fingerprint density at radius 3 is 2.58 bits per heavy atom. The van der Waals surface area contributed by atoms with Crippen LogP contribution in [-0.4, -0.2) is 6.91 Å². The molecule has 1 rings (SSSR count). The van der Waals surface area contributed by atoms with Gasteiger partial charge in [-0.2, -0.15) is 0 Å². The van der Waals surface area contributed by atoms with Gasteiger partial charge in [-0.15, -0.1) is 0 Å². The zero-order valence-electron chi connectivity index (χ0n) is 8.30. The van der Waals surface area contributed by atoms with Crippen LogP contribution in [0.25, 0.3) is 0 Å². The molecule has 0 aliphatic rings. The van der Waals surface area contributed by atoms with Gasteiger partial charge in [-0.1, -0.05) is 0 Å². The molecule has 0 nitrogen and oxygen atoms in total. The molecule has 1 aromatic rings. The molecule has 0 aliphatic heterocycles. The van der Waals surface area contributed by atoms with Crippen LogP contribution in [-0.2, 0) is 5.41 Å². The van der Waals surface area contributed by atoms with E-state index < -0.39 is 0 Å². The van der Waals surface area contributed by atoms with Gasteiger partial charge >= 0.3 is 75.6 Å². The van der Waals surface area contributed by atoms with E-state index in [4.69, 9.17) is 0 Å². The van der Waals surface area contributed by atoms with Crippen LogP contribution in [0.1, 0.15) is 39.1 Å². The van der Waals surface area contributed by atoms with Crippen molar-refractivity contribution in [2.75, 3.05) is 0 Å². The average molecular weight is 160 g/mol. The number of hydrogen-bond donors (Lipinski definition) is 0. The van der Waals surface area contributed by atoms with Gasteiger partial charge in [0.05, 0.1) is 0 Å². The standard InChI is InChI=1S/C11H17B/c1-4-8-11(2,3)10-7-5-6-9-12-10/h5-7,9H,4,8H2,1-3H3. The van der Waals surface area contributed by atoms with E-state index >= 15 is 0 Å². The molecule has 0 fully saturated rings. The van der Waals surface area contributed by atoms with E-state index in [0.717, 1.165) is 0 Å². The molecular weight excluding hydrogens is 143 g/mol. The van der Waals surface area contributed by atoms with E-state index in [0.29, 0.717) is 5.41 Å². The second-order valence-corrected chi connectivity index (χ2v) is 4.00. The van der Waals surface area contributed by atoms with Gasteiger partial charge in [-0.05, 0) is 0 Å². The molecule has 0 aromatic carbocycles. The maximum atomic E-state index is 2.31. The van der Waals surface area contributed by atoms with Crippen LogP contribution in [0.5, 0.6) is 0 Å². The second-order valence-electron chi connectivity index (χ2n) is 4.00. The summed E-state index contributed by atoms with van der Waals surface area (Å²) in [7, 11) is 0. The Balaban J connectivity index is 2.82. The number of rotatable bonds is 3. The first-order valence-electron chi connectivity index (χ1n) is 4.72. The van der Waals surface area contributed by atoms with Gasteiger partial charge in [0.15, 0.2) is 0 Å². The van der Waals surface area contributed by atoms with Gasteiger partial charge in [0.2, 0.25) is 0 Å². The van der Waals surface area contributed by atoms with E-state index in [9.17, 15) is 0 Å². The Kier molecular flexibility index (Phi) is 3.08. The van der Waals surface area contributed by atoms with Crippen LogP contribution in [0.15, 0.2) is 24.2 Å². The third-order valence-electron chi connectivity index (χ3n) is 2.43. The Morgan fingerprint density at radius 2 is 2.08 bits per heavy atom. The Hall–Kier alpha value is -0.585. The summed E-state index contributed by atoms with van der Waals surface area (Å²) in [5.74, 6) is 2.12. The van der Waals surface area contributed by atoms with Crippen molar-refractivity contribution in [3.8, 4) is 0 Å². The fraction of sp³-hybridized carbons (Fsp3) is 0.545. The minimum absolute atomic E-state index is 0.343. The molecule has 0 saturated carbocycles. The first-order valence-corrected chi connectivity index (χ1v) is 4.72. The summed E-state index contributed by atoms with van der Waals surface area (Å²) in [5.41, 5.74) is 1.79. The molecule has 0 N–H and O–H groups in total. The molecule has 1 heterocycles. The fourth-order valence-electron chi connectivity index (χ4n) is 1.66. The molecule has 0 atom stereocenters. The first-order chi connectivity index (χ1) is 5.67. The quantitative estimate of drug-likeness (QED) is 0.637. The zero-order valence-corrected chi connectivity index (χ0v) is 8.30. The molecule has 0 radical (unpaired) electrons. The second kappa shape index (κ2) is 3.89. The molecule has 0 spiro atoms. The predicted molar refractivity (Wildman–Crippen MR) is 55.7 cm³/mol. The van der Waals surface area contributed by atoms with Gasteiger partial charge in [-0.3, -0.25) is 0 Å². The minimum atomic E-state index is 0.343. The van der Waals surface area contributed by atoms with E-state index in [1.165, 1.54) is 18.3 Å². The SMILES string of the molecule is CCCC(C)(C)c1bcccc1. The molecule has 0 amide bonds. The first kappa shape index (κ1) is 9.50. The predicted octanol–water partition coefficient (Wildman–Crippen LogP) is 3.10. The van der Waals surface area contributed by atoms with E-state index in [1.807, 2.05) is 0 Å². The van der Waals surface area contributed by atoms with Crippen molar-refractivity contribution < 1.29 is 0 Å². The normalized spacial score (nSPS) is 11.2. The molecule has 0 aliphatic carbocycles. The number of hydrogen-bond acceptors (Lipinski definition) is 0. The van der Waals surface area contributed by atoms with Gasteiger partial charge < -0.3 is 0 Å². The third kappa shape index (κ3) is 2.20. The summed E-state index contributed by atoms with van der Waals surface area (Å²) in [6.07, 6.45) is 2.51. The van der Waals surface area contributed by atoms with Gasteiger partial charge in [0.25, 0.3) is 0 Å². The molecule has 64 valence electrons. The zero-order chi connectivity index (χ0) is 9.03. The van der Waals surface area contributed by atoms with Crippen molar-refractivity contribution >= 4 is 6.91 Å². The molecule has 1 heteroatoms. The Labute approximate surface area is 76.2 Å². The van der Waals surface area contributed by atoms with Crippen LogP contribution >= 0.6 is 0 Å². The maximum absolute atomic E-state index is 2.31. The molecular formula is C11H17B. The fourth-order valence-corrected chi connectivity index (χ4v) is 1.66. The molecule has 0 unspecified atom stereocenters. The van der Waals surface area contributed by atoms with Gasteiger partial charge in [0, 0.05) is 0 Å². The van der Waals surface area contributed by atoms with Crippen molar-refractivity contribution in [3.63, 3.8) is 0 Å². The van der Waals surface area contributed by atoms with Gasteiger partial charge in [-0.25, -0.2) is 0 Å². The summed E-state index contributed by atoms with van der Waals surface area (Å²) in [5, 5.41) is 0. The molecule has 1 aromatic heterocycles. The van der Waals surface area contributed by atoms with Crippen LogP contribution in [0.3, 0.4) is 0 Å². The summed E-state index contributed by atoms with van der Waals surface area (Å²) in [4.78, 5) is 0. The summed E-state index contributed by atoms with van der Waals surface area (Å²) >= 11 is 0. The summed E-state index contributed by atoms with van der Waals surface area (Å²) in [6, 6.07) is 6.41. The topological polar surface area (TPSA) is 0 Å². The van der Waals surface area contributed by atoms with Crippen molar-refractivity contribution in [2.45, 2.75) is 39.0 Å². The molecule has 0 saturated heterocycles. The summed E-state index contributed by atoms with van der Waals surface area (Å²) < 4.78 is 0. The van der Waals surface area contributed by atoms with Crippen LogP contribution in [0.2, 0.25) is 0 Å². The van der Waals surface area contributed by atoms with E-state index in [2.05, 4.69) is 51.8 Å². The van der Waals surface area contributed by atoms with Crippen molar-refractivity contribution in [1.82, 2.24) is 0 Å². The molecule has 0 bridgehead atoms. The van der Waals surface area contributed by atoms with E-state index in [1.54, 1.807) is 0 Å². The van der Waals surface area contributed by atoms with Crippen LogP contribution in [0, 0.1) is 0 Å². The van der Waals surface area contributed by atoms with Crippen molar-refractivity contribution in [1.29, 1.82) is 0 Å². The van der Waals surface area contributed by atoms with Crippen molar-refractivity contribution in [2.24, 2.45) is 0 Å². The molecule has 12 heavy (non-hydrogen) atoms. The van der Waals surface area contributed by atoms with Crippen LogP contribution < -0.4 is 0 Å². The third-order valence-corrected chi connectivity index (χ3v) is 2.43. The summed E-state index contributed by atoms with van der Waals surface area (Å²) in [6.45, 7) is 9.08. The van der Waals surface area contributed by atoms with Gasteiger partial charge in [0.1, 0.15) is 0 Å².